The molecular formula is C100H60N12. The van der Waals surface area contributed by atoms with Gasteiger partial charge in [0.15, 0.2) is 0 Å². The first-order chi connectivity index (χ1) is 55.5. The predicted molar refractivity (Wildman–Crippen MR) is 458 cm³/mol. The number of benzene rings is 16. The first kappa shape index (κ1) is 61.7. The molecule has 0 spiro atoms. The van der Waals surface area contributed by atoms with Crippen molar-refractivity contribution >= 4 is 132 Å². The summed E-state index contributed by atoms with van der Waals surface area (Å²) >= 11 is 0. The molecule has 8 aromatic heterocycles. The summed E-state index contributed by atoms with van der Waals surface area (Å²) < 4.78 is 13.6. The number of aromatic nitrogens is 12. The Morgan fingerprint density at radius 3 is 1.08 bits per heavy atom. The molecular weight excluding hydrogens is 1370 g/mol. The van der Waals surface area contributed by atoms with Crippen molar-refractivity contribution in [1.29, 1.82) is 0 Å². The van der Waals surface area contributed by atoms with Crippen molar-refractivity contribution < 1.29 is 0 Å². The first-order valence-corrected chi connectivity index (χ1v) is 37.8. The third-order valence-corrected chi connectivity index (χ3v) is 22.8. The molecule has 0 N–H and O–H groups in total. The Labute approximate surface area is 639 Å². The number of hydrogen-bond donors (Lipinski definition) is 0. The van der Waals surface area contributed by atoms with Crippen LogP contribution in [0.1, 0.15) is 0 Å². The maximum absolute atomic E-state index is 5.67. The van der Waals surface area contributed by atoms with E-state index in [0.29, 0.717) is 11.9 Å². The third-order valence-electron chi connectivity index (χ3n) is 22.8. The molecule has 0 unspecified atom stereocenters. The van der Waals surface area contributed by atoms with Crippen LogP contribution in [0.25, 0.3) is 222 Å². The molecule has 0 saturated carbocycles. The predicted octanol–water partition coefficient (Wildman–Crippen LogP) is 24.4. The van der Waals surface area contributed by atoms with Crippen molar-refractivity contribution in [3.05, 3.63) is 364 Å². The van der Waals surface area contributed by atoms with Gasteiger partial charge in [0, 0.05) is 54.8 Å². The molecule has 8 heterocycles. The van der Waals surface area contributed by atoms with Crippen LogP contribution < -0.4 is 0 Å². The first-order valence-electron chi connectivity index (χ1n) is 37.8. The molecule has 0 fully saturated rings. The van der Waals surface area contributed by atoms with Gasteiger partial charge in [-0.2, -0.15) is 0 Å². The lowest BCUT2D eigenvalue weighted by molar-refractivity contribution is 1.01. The summed E-state index contributed by atoms with van der Waals surface area (Å²) in [6.45, 7) is 0. The summed E-state index contributed by atoms with van der Waals surface area (Å²) in [6.07, 6.45) is 0. The van der Waals surface area contributed by atoms with Crippen molar-refractivity contribution in [2.45, 2.75) is 0 Å². The van der Waals surface area contributed by atoms with Gasteiger partial charge >= 0.3 is 0 Å². The van der Waals surface area contributed by atoms with Crippen LogP contribution >= 0.6 is 0 Å². The number of para-hydroxylation sites is 10. The Morgan fingerprint density at radius 2 is 0.545 bits per heavy atom. The zero-order valence-corrected chi connectivity index (χ0v) is 60.0. The van der Waals surface area contributed by atoms with Crippen molar-refractivity contribution in [3.63, 3.8) is 0 Å². The molecule has 0 aliphatic heterocycles. The van der Waals surface area contributed by atoms with Gasteiger partial charge in [0.25, 0.3) is 0 Å². The van der Waals surface area contributed by atoms with Gasteiger partial charge in [-0.1, -0.05) is 224 Å². The quantitative estimate of drug-likeness (QED) is 0.135. The fraction of sp³-hybridized carbons (Fsp3) is 0. The summed E-state index contributed by atoms with van der Waals surface area (Å²) in [5.74, 6) is 2.93. The van der Waals surface area contributed by atoms with E-state index in [9.17, 15) is 0 Å². The molecule has 112 heavy (non-hydrogen) atoms. The SMILES string of the molecule is c1ccc(-c2ccc3nc(-n4c5ccccc5c5cc(-n6c7ccccc7n7c8ccccc8nc67)ccc54)nc(-c4ccc(-c5cccc(-c6cccc(-c7ccc8nc(-n9c%10ccccc%10c%10cc(-n%11c%12ccccc%12n%12c%13ccccc%13nc%11%12)ccc%109)nc(-c9ccc%10ccccc%10c9)c8c7)c6)c5)cc4)c3c2)cc1. The molecule has 12 heteroatoms. The Hall–Kier alpha value is -15.4. The van der Waals surface area contributed by atoms with E-state index in [2.05, 4.69) is 391 Å². The van der Waals surface area contributed by atoms with Crippen LogP contribution in [0.3, 0.4) is 0 Å². The minimum absolute atomic E-state index is 0.595. The van der Waals surface area contributed by atoms with Crippen LogP contribution in [-0.4, -0.2) is 57.0 Å². The maximum atomic E-state index is 5.67. The Balaban J connectivity index is 0.589. The van der Waals surface area contributed by atoms with E-state index in [1.54, 1.807) is 0 Å². The van der Waals surface area contributed by atoms with Crippen LogP contribution in [0.4, 0.5) is 0 Å². The van der Waals surface area contributed by atoms with Gasteiger partial charge < -0.3 is 0 Å². The van der Waals surface area contributed by atoms with Crippen LogP contribution in [0.2, 0.25) is 0 Å². The molecule has 24 aromatic rings. The molecule has 0 saturated heterocycles. The lowest BCUT2D eigenvalue weighted by atomic mass is 9.94. The van der Waals surface area contributed by atoms with Crippen LogP contribution in [0, 0.1) is 0 Å². The van der Waals surface area contributed by atoms with E-state index in [1.165, 1.54) is 5.39 Å². The van der Waals surface area contributed by atoms with Crippen molar-refractivity contribution in [3.8, 4) is 90.3 Å². The van der Waals surface area contributed by atoms with Crippen LogP contribution in [-0.2, 0) is 0 Å². The Kier molecular flexibility index (Phi) is 13.3. The highest BCUT2D eigenvalue weighted by molar-refractivity contribution is 6.12. The highest BCUT2D eigenvalue weighted by Crippen LogP contribution is 2.43. The van der Waals surface area contributed by atoms with Gasteiger partial charge in [0.1, 0.15) is 0 Å². The van der Waals surface area contributed by atoms with E-state index >= 15 is 0 Å². The highest BCUT2D eigenvalue weighted by atomic mass is 15.2. The maximum Gasteiger partial charge on any atom is 0.235 e. The monoisotopic (exact) mass is 1430 g/mol. The molecule has 0 aliphatic rings. The van der Waals surface area contributed by atoms with E-state index in [-0.39, 0.29) is 0 Å². The summed E-state index contributed by atoms with van der Waals surface area (Å²) in [5, 5.41) is 8.64. The second-order valence-electron chi connectivity index (χ2n) is 29.1. The number of hydrogen-bond acceptors (Lipinski definition) is 6. The summed E-state index contributed by atoms with van der Waals surface area (Å²) in [5.41, 5.74) is 28.7. The summed E-state index contributed by atoms with van der Waals surface area (Å²) in [4.78, 5) is 32.7. The standard InChI is InChI=1S/C100H60N12/c1-2-20-61(21-3-1)70-46-50-81-79(57-70)95(105-97(101-81)109-85-32-10-6-28-75(85)77-59-73(48-52-87(77)109)107-91-36-14-16-38-93(91)111-89-34-12-8-30-83(89)103-99(107)111)64-43-40-63(41-44-64)66-24-18-25-67(54-66)68-26-19-27-69(55-68)71-47-51-82-80(58-71)96(72-45-42-62-22-4-5-23-65(62)56-72)106-98(102-82)110-86-33-11-7-29-76(86)78-60-74(49-53-88(78)110)108-92-37-15-17-39-94(92)112-90-35-13-9-31-84(90)104-100(108)112/h1-60H. The highest BCUT2D eigenvalue weighted by Gasteiger charge is 2.25. The fourth-order valence-corrected chi connectivity index (χ4v) is 17.6. The van der Waals surface area contributed by atoms with Crippen molar-refractivity contribution in [2.75, 3.05) is 0 Å². The number of rotatable bonds is 10. The van der Waals surface area contributed by atoms with Gasteiger partial charge in [0.2, 0.25) is 23.5 Å². The van der Waals surface area contributed by atoms with E-state index in [4.69, 9.17) is 29.9 Å². The average Bonchev–Trinajstić information content (AvgIpc) is 1.55. The zero-order chi connectivity index (χ0) is 73.2. The van der Waals surface area contributed by atoms with E-state index < -0.39 is 0 Å². The molecule has 520 valence electrons. The molecule has 12 nitrogen and oxygen atoms in total. The number of fused-ring (bicyclic) bond motifs is 19. The number of imidazole rings is 4. The van der Waals surface area contributed by atoms with Gasteiger partial charge in [-0.15, -0.1) is 0 Å². The van der Waals surface area contributed by atoms with Gasteiger partial charge in [0.05, 0.1) is 88.6 Å². The van der Waals surface area contributed by atoms with E-state index in [0.717, 1.165) is 205 Å². The van der Waals surface area contributed by atoms with Gasteiger partial charge in [-0.25, -0.2) is 29.9 Å². The third kappa shape index (κ3) is 9.42. The summed E-state index contributed by atoms with van der Waals surface area (Å²) in [7, 11) is 0. The molecule has 0 bridgehead atoms. The lowest BCUT2D eigenvalue weighted by Crippen LogP contribution is -2.04. The minimum Gasteiger partial charge on any atom is -0.278 e. The van der Waals surface area contributed by atoms with Crippen LogP contribution in [0.5, 0.6) is 0 Å². The van der Waals surface area contributed by atoms with Crippen molar-refractivity contribution in [2.24, 2.45) is 0 Å². The largest absolute Gasteiger partial charge is 0.278 e. The molecule has 16 aromatic carbocycles. The summed E-state index contributed by atoms with van der Waals surface area (Å²) in [6, 6.07) is 130. The minimum atomic E-state index is 0.595. The number of nitrogens with zero attached hydrogens (tertiary/aromatic N) is 12. The van der Waals surface area contributed by atoms with Crippen LogP contribution in [0.15, 0.2) is 364 Å². The zero-order valence-electron chi connectivity index (χ0n) is 60.0. The Morgan fingerprint density at radius 1 is 0.170 bits per heavy atom. The topological polar surface area (TPSA) is 106 Å². The van der Waals surface area contributed by atoms with Gasteiger partial charge in [-0.05, 0) is 195 Å². The normalized spacial score (nSPS) is 12.1. The molecule has 0 amide bonds. The second kappa shape index (κ2) is 24.1. The molecule has 0 aliphatic carbocycles. The molecule has 0 atom stereocenters. The average molecular weight is 1430 g/mol. The fourth-order valence-electron chi connectivity index (χ4n) is 17.6. The van der Waals surface area contributed by atoms with E-state index in [1.807, 2.05) is 0 Å². The van der Waals surface area contributed by atoms with Crippen molar-refractivity contribution in [1.82, 2.24) is 57.0 Å². The Bertz CT molecular complexity index is 8090. The second-order valence-corrected chi connectivity index (χ2v) is 29.1. The van der Waals surface area contributed by atoms with Gasteiger partial charge in [-0.3, -0.25) is 27.1 Å². The smallest absolute Gasteiger partial charge is 0.235 e. The molecule has 0 radical (unpaired) electrons. The molecule has 24 rings (SSSR count). The lowest BCUT2D eigenvalue weighted by Gasteiger charge is -2.14.